The predicted octanol–water partition coefficient (Wildman–Crippen LogP) is 3.95. The van der Waals surface area contributed by atoms with Crippen molar-refractivity contribution < 1.29 is 13.9 Å². The van der Waals surface area contributed by atoms with Crippen molar-refractivity contribution in [3.05, 3.63) is 65.5 Å². The summed E-state index contributed by atoms with van der Waals surface area (Å²) in [5, 5.41) is 3.35. The molecule has 0 aliphatic carbocycles. The lowest BCUT2D eigenvalue weighted by Gasteiger charge is -2.12. The van der Waals surface area contributed by atoms with Crippen molar-refractivity contribution in [1.29, 1.82) is 0 Å². The third-order valence-corrected chi connectivity index (χ3v) is 3.33. The molecule has 0 aliphatic rings. The van der Waals surface area contributed by atoms with Gasteiger partial charge in [0, 0.05) is 31.4 Å². The third-order valence-electron chi connectivity index (χ3n) is 3.33. The second-order valence-electron chi connectivity index (χ2n) is 5.01. The van der Waals surface area contributed by atoms with Gasteiger partial charge in [0.15, 0.2) is 0 Å². The van der Waals surface area contributed by atoms with E-state index in [4.69, 9.17) is 9.47 Å². The molecule has 0 spiro atoms. The van der Waals surface area contributed by atoms with Crippen LogP contribution in [0.2, 0.25) is 0 Å². The fourth-order valence-corrected chi connectivity index (χ4v) is 2.13. The average Bonchev–Trinajstić information content (AvgIpc) is 2.55. The van der Waals surface area contributed by atoms with Crippen molar-refractivity contribution in [3.63, 3.8) is 0 Å². The first kappa shape index (κ1) is 19.4. The molecule has 2 aromatic carbocycles. The molecule has 0 atom stereocenters. The summed E-state index contributed by atoms with van der Waals surface area (Å²) in [6, 6.07) is 14.5. The molecule has 2 rings (SSSR count). The molecule has 2 aromatic rings. The highest BCUT2D eigenvalue weighted by atomic mass is 35.5. The second kappa shape index (κ2) is 11.0. The molecule has 0 unspecified atom stereocenters. The molecule has 5 heteroatoms. The highest BCUT2D eigenvalue weighted by molar-refractivity contribution is 5.85. The smallest absolute Gasteiger partial charge is 0.129 e. The van der Waals surface area contributed by atoms with E-state index in [1.54, 1.807) is 19.2 Å². The van der Waals surface area contributed by atoms with Crippen LogP contribution in [0, 0.1) is 5.82 Å². The molecule has 0 fully saturated rings. The molecule has 0 radical (unpaired) electrons. The highest BCUT2D eigenvalue weighted by Gasteiger charge is 2.05. The van der Waals surface area contributed by atoms with E-state index in [0.29, 0.717) is 5.56 Å². The summed E-state index contributed by atoms with van der Waals surface area (Å²) < 4.78 is 24.4. The van der Waals surface area contributed by atoms with Crippen molar-refractivity contribution in [1.82, 2.24) is 5.32 Å². The molecule has 1 N–H and O–H groups in total. The van der Waals surface area contributed by atoms with E-state index in [0.717, 1.165) is 37.4 Å². The zero-order valence-corrected chi connectivity index (χ0v) is 14.1. The van der Waals surface area contributed by atoms with E-state index < -0.39 is 0 Å². The summed E-state index contributed by atoms with van der Waals surface area (Å²) in [6.07, 6.45) is 0.967. The Balaban J connectivity index is 0.00000264. The Morgan fingerprint density at radius 2 is 1.70 bits per heavy atom. The molecule has 0 amide bonds. The van der Waals surface area contributed by atoms with Gasteiger partial charge in [0.1, 0.15) is 18.2 Å². The van der Waals surface area contributed by atoms with E-state index in [1.165, 1.54) is 6.07 Å². The highest BCUT2D eigenvalue weighted by Crippen LogP contribution is 2.20. The largest absolute Gasteiger partial charge is 0.488 e. The van der Waals surface area contributed by atoms with Gasteiger partial charge in [-0.1, -0.05) is 36.4 Å². The lowest BCUT2D eigenvalue weighted by atomic mass is 10.2. The van der Waals surface area contributed by atoms with Crippen LogP contribution < -0.4 is 10.1 Å². The lowest BCUT2D eigenvalue weighted by Crippen LogP contribution is -2.16. The summed E-state index contributed by atoms with van der Waals surface area (Å²) in [5.74, 6) is 0.544. The van der Waals surface area contributed by atoms with Crippen molar-refractivity contribution in [2.24, 2.45) is 0 Å². The number of para-hydroxylation sites is 1. The average molecular weight is 340 g/mol. The Kier molecular flexibility index (Phi) is 9.29. The van der Waals surface area contributed by atoms with Crippen LogP contribution in [0.3, 0.4) is 0 Å². The van der Waals surface area contributed by atoms with Gasteiger partial charge in [0.05, 0.1) is 0 Å². The normalized spacial score (nSPS) is 10.2. The topological polar surface area (TPSA) is 30.5 Å². The van der Waals surface area contributed by atoms with Crippen LogP contribution in [0.25, 0.3) is 0 Å². The summed E-state index contributed by atoms with van der Waals surface area (Å²) in [5.41, 5.74) is 1.63. The molecular formula is C18H23ClFNO2. The van der Waals surface area contributed by atoms with Gasteiger partial charge < -0.3 is 14.8 Å². The quantitative estimate of drug-likeness (QED) is 0.702. The van der Waals surface area contributed by atoms with Crippen molar-refractivity contribution in [2.75, 3.05) is 20.3 Å². The lowest BCUT2D eigenvalue weighted by molar-refractivity contribution is 0.194. The van der Waals surface area contributed by atoms with Crippen LogP contribution >= 0.6 is 12.4 Å². The van der Waals surface area contributed by atoms with Crippen LogP contribution in [-0.4, -0.2) is 20.3 Å². The number of rotatable bonds is 9. The number of benzene rings is 2. The van der Waals surface area contributed by atoms with E-state index in [9.17, 15) is 4.39 Å². The van der Waals surface area contributed by atoms with Crippen LogP contribution in [0.1, 0.15) is 17.5 Å². The van der Waals surface area contributed by atoms with Gasteiger partial charge in [0.2, 0.25) is 0 Å². The molecule has 0 saturated carbocycles. The summed E-state index contributed by atoms with van der Waals surface area (Å²) in [6.45, 7) is 2.58. The van der Waals surface area contributed by atoms with E-state index in [-0.39, 0.29) is 24.8 Å². The van der Waals surface area contributed by atoms with Crippen LogP contribution in [-0.2, 0) is 17.9 Å². The Bertz CT molecular complexity index is 580. The molecule has 0 aromatic heterocycles. The fourth-order valence-electron chi connectivity index (χ4n) is 2.13. The first-order chi connectivity index (χ1) is 10.8. The van der Waals surface area contributed by atoms with Crippen molar-refractivity contribution in [3.8, 4) is 5.75 Å². The molecule has 0 saturated heterocycles. The maximum Gasteiger partial charge on any atom is 0.129 e. The van der Waals surface area contributed by atoms with Crippen molar-refractivity contribution >= 4 is 12.4 Å². The standard InChI is InChI=1S/C18H22FNO2.ClH/c1-21-12-6-11-20-13-15-7-3-5-10-18(15)22-14-16-8-2-4-9-17(16)19;/h2-5,7-10,20H,6,11-14H2,1H3;1H. The minimum Gasteiger partial charge on any atom is -0.488 e. The number of ether oxygens (including phenoxy) is 2. The minimum absolute atomic E-state index is 0. The molecule has 3 nitrogen and oxygen atoms in total. The third kappa shape index (κ3) is 6.57. The summed E-state index contributed by atoms with van der Waals surface area (Å²) in [7, 11) is 1.70. The molecule has 0 bridgehead atoms. The number of hydrogen-bond acceptors (Lipinski definition) is 3. The SMILES string of the molecule is COCCCNCc1ccccc1OCc1ccccc1F.Cl. The summed E-state index contributed by atoms with van der Waals surface area (Å²) >= 11 is 0. The number of methoxy groups -OCH3 is 1. The fraction of sp³-hybridized carbons (Fsp3) is 0.333. The van der Waals surface area contributed by atoms with Gasteiger partial charge in [-0.3, -0.25) is 0 Å². The monoisotopic (exact) mass is 339 g/mol. The molecule has 126 valence electrons. The second-order valence-corrected chi connectivity index (χ2v) is 5.01. The maximum absolute atomic E-state index is 13.6. The molecule has 0 aliphatic heterocycles. The number of halogens is 2. The van der Waals surface area contributed by atoms with Gasteiger partial charge in [-0.2, -0.15) is 0 Å². The van der Waals surface area contributed by atoms with Gasteiger partial charge in [-0.05, 0) is 25.1 Å². The number of hydrogen-bond donors (Lipinski definition) is 1. The van der Waals surface area contributed by atoms with E-state index in [1.807, 2.05) is 30.3 Å². The van der Waals surface area contributed by atoms with Gasteiger partial charge in [0.25, 0.3) is 0 Å². The Hall–Kier alpha value is -1.62. The van der Waals surface area contributed by atoms with Gasteiger partial charge in [-0.15, -0.1) is 12.4 Å². The first-order valence-corrected chi connectivity index (χ1v) is 7.45. The Morgan fingerprint density at radius 1 is 1.00 bits per heavy atom. The Morgan fingerprint density at radius 3 is 2.43 bits per heavy atom. The zero-order chi connectivity index (χ0) is 15.6. The zero-order valence-electron chi connectivity index (χ0n) is 13.3. The van der Waals surface area contributed by atoms with Gasteiger partial charge in [-0.25, -0.2) is 4.39 Å². The number of nitrogens with one attached hydrogen (secondary N) is 1. The Labute approximate surface area is 143 Å². The maximum atomic E-state index is 13.6. The van der Waals surface area contributed by atoms with Crippen molar-refractivity contribution in [2.45, 2.75) is 19.6 Å². The molecule has 23 heavy (non-hydrogen) atoms. The van der Waals surface area contributed by atoms with E-state index in [2.05, 4.69) is 5.32 Å². The minimum atomic E-state index is -0.238. The predicted molar refractivity (Wildman–Crippen MR) is 92.6 cm³/mol. The van der Waals surface area contributed by atoms with E-state index >= 15 is 0 Å². The molecular weight excluding hydrogens is 317 g/mol. The van der Waals surface area contributed by atoms with Crippen LogP contribution in [0.4, 0.5) is 4.39 Å². The van der Waals surface area contributed by atoms with Crippen LogP contribution in [0.15, 0.2) is 48.5 Å². The summed E-state index contributed by atoms with van der Waals surface area (Å²) in [4.78, 5) is 0. The van der Waals surface area contributed by atoms with Gasteiger partial charge >= 0.3 is 0 Å². The first-order valence-electron chi connectivity index (χ1n) is 7.45. The molecule has 0 heterocycles. The van der Waals surface area contributed by atoms with Crippen LogP contribution in [0.5, 0.6) is 5.75 Å².